The number of aromatic nitrogens is 1. The monoisotopic (exact) mass is 856 g/mol. The fourth-order valence-corrected chi connectivity index (χ4v) is 9.84. The molecule has 1 aromatic heterocycles. The molecule has 0 aliphatic carbocycles. The average Bonchev–Trinajstić information content (AvgIpc) is 3.12. The molecule has 6 aromatic carbocycles. The molecule has 0 unspecified atom stereocenters. The summed E-state index contributed by atoms with van der Waals surface area (Å²) in [6.07, 6.45) is -5.30. The summed E-state index contributed by atoms with van der Waals surface area (Å²) >= 11 is 0. The van der Waals surface area contributed by atoms with Crippen molar-refractivity contribution in [3.05, 3.63) is 172 Å². The summed E-state index contributed by atoms with van der Waals surface area (Å²) in [5.41, 5.74) is 1.18. The van der Waals surface area contributed by atoms with E-state index in [0.29, 0.717) is 10.8 Å². The third-order valence-electron chi connectivity index (χ3n) is 8.90. The van der Waals surface area contributed by atoms with E-state index >= 15 is 0 Å². The largest absolute Gasteiger partial charge is 0.506 e. The van der Waals surface area contributed by atoms with Gasteiger partial charge in [-0.15, -0.1) is 0 Å². The second-order valence-electron chi connectivity index (χ2n) is 12.2. The van der Waals surface area contributed by atoms with Crippen molar-refractivity contribution in [3.63, 3.8) is 0 Å². The first-order valence-electron chi connectivity index (χ1n) is 16.1. The Morgan fingerprint density at radius 3 is 1.56 bits per heavy atom. The number of halogens is 3. The van der Waals surface area contributed by atoms with Crippen molar-refractivity contribution in [2.24, 2.45) is 0 Å². The molecule has 1 heterocycles. The number of alkyl halides is 3. The summed E-state index contributed by atoms with van der Waals surface area (Å²) in [7, 11) is -2.89. The minimum absolute atomic E-state index is 0. The van der Waals surface area contributed by atoms with Gasteiger partial charge in [-0.05, 0) is 66.4 Å². The Kier molecular flexibility index (Phi) is 11.9. The van der Waals surface area contributed by atoms with Crippen molar-refractivity contribution in [1.82, 2.24) is 4.57 Å². The van der Waals surface area contributed by atoms with E-state index in [1.807, 2.05) is 93.6 Å². The van der Waals surface area contributed by atoms with Gasteiger partial charge >= 0.3 is 6.18 Å². The number of Topliss-reactive ketones (excluding diaryl/α,β-unsaturated/α-hetero) is 1. The van der Waals surface area contributed by atoms with Crippen LogP contribution < -0.4 is 21.5 Å². The van der Waals surface area contributed by atoms with Crippen LogP contribution in [0.5, 0.6) is 5.75 Å². The average molecular weight is 856 g/mol. The summed E-state index contributed by atoms with van der Waals surface area (Å²) < 4.78 is 54.9. The molecule has 52 heavy (non-hydrogen) atoms. The number of aryl methyl sites for hydroxylation is 3. The Balaban J connectivity index is 0.000000201. The van der Waals surface area contributed by atoms with Crippen LogP contribution in [-0.4, -0.2) is 21.6 Å². The number of pyridine rings is 1. The summed E-state index contributed by atoms with van der Waals surface area (Å²) in [5.74, 6) is -3.35. The topological polar surface area (TPSA) is 76.4 Å². The van der Waals surface area contributed by atoms with Gasteiger partial charge in [-0.3, -0.25) is 14.2 Å². The standard InChI is InChI=1S/C21H12F3NO3.C21H21OP.Eu/c22-21(23,24)19(27)17-18(26)16-14-9-5-4-6-12(14)10-11-15(16)25(20(17)28)13-7-2-1-3-8-13;1-16-10-4-7-13-19(16)23(22,20-14-8-5-11-17(20)2)21-15-9-6-12-18(21)3;/h1-11,26H;4-15H,1-3H3;. The maximum atomic E-state index is 14.5. The van der Waals surface area contributed by atoms with Crippen LogP contribution >= 0.6 is 7.14 Å². The molecular weight excluding hydrogens is 822 g/mol. The quantitative estimate of drug-likeness (QED) is 0.107. The number of aromatic hydroxyl groups is 1. The van der Waals surface area contributed by atoms with E-state index in [1.54, 1.807) is 48.5 Å². The van der Waals surface area contributed by atoms with E-state index in [-0.39, 0.29) is 66.0 Å². The maximum Gasteiger partial charge on any atom is 0.455 e. The van der Waals surface area contributed by atoms with Gasteiger partial charge in [-0.1, -0.05) is 121 Å². The van der Waals surface area contributed by atoms with Crippen LogP contribution in [0.1, 0.15) is 27.0 Å². The van der Waals surface area contributed by atoms with Gasteiger partial charge in [-0.2, -0.15) is 13.2 Å². The molecule has 0 saturated heterocycles. The van der Waals surface area contributed by atoms with E-state index in [1.165, 1.54) is 18.2 Å². The first-order valence-corrected chi connectivity index (χ1v) is 17.8. The van der Waals surface area contributed by atoms with Crippen LogP contribution in [0.3, 0.4) is 0 Å². The smallest absolute Gasteiger partial charge is 0.455 e. The molecule has 0 saturated carbocycles. The molecule has 0 aliphatic heterocycles. The van der Waals surface area contributed by atoms with Gasteiger partial charge in [0.15, 0.2) is 7.14 Å². The number of ketones is 1. The zero-order valence-electron chi connectivity index (χ0n) is 28.4. The SMILES string of the molecule is Cc1ccccc1P(=O)(c1ccccc1C)c1ccccc1C.O=C(c1c(O)c2c3ccccc3ccc2n(-c2ccccc2)c1=O)C(F)(F)F.[Eu]. The molecule has 0 fully saturated rings. The van der Waals surface area contributed by atoms with E-state index in [2.05, 4.69) is 0 Å². The van der Waals surface area contributed by atoms with Gasteiger partial charge in [0, 0.05) is 76.4 Å². The van der Waals surface area contributed by atoms with E-state index in [0.717, 1.165) is 37.2 Å². The van der Waals surface area contributed by atoms with E-state index < -0.39 is 36.0 Å². The Hall–Kier alpha value is -4.14. The van der Waals surface area contributed by atoms with Gasteiger partial charge in [0.05, 0.1) is 5.52 Å². The summed E-state index contributed by atoms with van der Waals surface area (Å²) in [6, 6.07) is 42.0. The van der Waals surface area contributed by atoms with Crippen LogP contribution in [0.4, 0.5) is 13.2 Å². The minimum atomic E-state index is -5.30. The number of benzene rings is 6. The number of nitrogens with zero attached hydrogens (tertiary/aromatic N) is 1. The van der Waals surface area contributed by atoms with Crippen molar-refractivity contribution in [2.75, 3.05) is 0 Å². The van der Waals surface area contributed by atoms with Crippen LogP contribution in [0.2, 0.25) is 0 Å². The predicted molar refractivity (Wildman–Crippen MR) is 199 cm³/mol. The first-order chi connectivity index (χ1) is 24.4. The molecule has 5 nitrogen and oxygen atoms in total. The molecule has 263 valence electrons. The zero-order valence-corrected chi connectivity index (χ0v) is 31.7. The predicted octanol–water partition coefficient (Wildman–Crippen LogP) is 8.85. The third-order valence-corrected chi connectivity index (χ3v) is 12.4. The minimum Gasteiger partial charge on any atom is -0.506 e. The normalized spacial score (nSPS) is 11.4. The fourth-order valence-electron chi connectivity index (χ4n) is 6.46. The molecule has 7 aromatic rings. The summed E-state index contributed by atoms with van der Waals surface area (Å²) in [4.78, 5) is 24.9. The van der Waals surface area contributed by atoms with Crippen molar-refractivity contribution in [3.8, 4) is 11.4 Å². The number of carbonyl (C=O) groups is 1. The van der Waals surface area contributed by atoms with Crippen LogP contribution in [-0.2, 0) is 4.57 Å². The molecule has 1 radical (unpaired) electrons. The number of hydrogen-bond acceptors (Lipinski definition) is 4. The van der Waals surface area contributed by atoms with E-state index in [9.17, 15) is 32.4 Å². The second-order valence-corrected chi connectivity index (χ2v) is 14.8. The van der Waals surface area contributed by atoms with Crippen LogP contribution in [0, 0.1) is 70.1 Å². The van der Waals surface area contributed by atoms with Gasteiger partial charge in [0.25, 0.3) is 11.3 Å². The number of fused-ring (bicyclic) bond motifs is 3. The molecule has 7 rings (SSSR count). The second kappa shape index (κ2) is 15.9. The molecule has 1 N–H and O–H groups in total. The Labute approximate surface area is 339 Å². The maximum absolute atomic E-state index is 14.5. The Morgan fingerprint density at radius 1 is 0.635 bits per heavy atom. The van der Waals surface area contributed by atoms with Crippen molar-refractivity contribution in [1.29, 1.82) is 0 Å². The van der Waals surface area contributed by atoms with Crippen molar-refractivity contribution in [2.45, 2.75) is 26.9 Å². The van der Waals surface area contributed by atoms with Crippen molar-refractivity contribution >= 4 is 50.5 Å². The van der Waals surface area contributed by atoms with Crippen LogP contribution in [0.15, 0.2) is 144 Å². The summed E-state index contributed by atoms with van der Waals surface area (Å²) in [5, 5.41) is 14.5. The molecular formula is C42H33EuF3NO4P. The molecule has 0 aliphatic rings. The molecule has 0 bridgehead atoms. The van der Waals surface area contributed by atoms with Crippen molar-refractivity contribution < 1.29 is 77.0 Å². The molecule has 0 spiro atoms. The Morgan fingerprint density at radius 2 is 1.08 bits per heavy atom. The Bertz CT molecular complexity index is 2430. The van der Waals surface area contributed by atoms with E-state index in [4.69, 9.17) is 0 Å². The van der Waals surface area contributed by atoms with Gasteiger partial charge < -0.3 is 9.67 Å². The summed E-state index contributed by atoms with van der Waals surface area (Å²) in [6.45, 7) is 6.12. The van der Waals surface area contributed by atoms with Crippen LogP contribution in [0.25, 0.3) is 27.4 Å². The third kappa shape index (κ3) is 7.25. The first kappa shape index (κ1) is 39.1. The fraction of sp³-hybridized carbons (Fsp3) is 0.0952. The number of carbonyl (C=O) groups excluding carboxylic acids is 1. The number of hydrogen-bond donors (Lipinski definition) is 1. The molecule has 0 amide bonds. The molecule has 0 atom stereocenters. The molecule has 10 heteroatoms. The van der Waals surface area contributed by atoms with Gasteiger partial charge in [0.2, 0.25) is 0 Å². The number of rotatable bonds is 5. The number of para-hydroxylation sites is 1. The zero-order chi connectivity index (χ0) is 36.5. The van der Waals surface area contributed by atoms with Gasteiger partial charge in [-0.25, -0.2) is 0 Å². The van der Waals surface area contributed by atoms with Gasteiger partial charge in [0.1, 0.15) is 11.3 Å².